The van der Waals surface area contributed by atoms with Crippen molar-refractivity contribution in [3.63, 3.8) is 0 Å². The number of rotatable bonds is 4. The standard InChI is InChI=1S/C16H17BrClNO/c1-10-7-15(16(20)9-18)12(3)19(10)11(2)13-5-4-6-14(17)8-13/h4-8,11H,9H2,1-3H3. The van der Waals surface area contributed by atoms with Crippen molar-refractivity contribution in [2.45, 2.75) is 26.8 Å². The smallest absolute Gasteiger partial charge is 0.179 e. The van der Waals surface area contributed by atoms with Crippen LogP contribution >= 0.6 is 27.5 Å². The lowest BCUT2D eigenvalue weighted by molar-refractivity contribution is 0.102. The van der Waals surface area contributed by atoms with Crippen LogP contribution < -0.4 is 0 Å². The highest BCUT2D eigenvalue weighted by Crippen LogP contribution is 2.27. The van der Waals surface area contributed by atoms with E-state index in [-0.39, 0.29) is 17.7 Å². The van der Waals surface area contributed by atoms with E-state index in [2.05, 4.69) is 39.6 Å². The van der Waals surface area contributed by atoms with Gasteiger partial charge in [-0.05, 0) is 44.5 Å². The first kappa shape index (κ1) is 15.3. The summed E-state index contributed by atoms with van der Waals surface area (Å²) < 4.78 is 3.24. The van der Waals surface area contributed by atoms with E-state index in [1.54, 1.807) is 0 Å². The van der Waals surface area contributed by atoms with Crippen molar-refractivity contribution in [3.05, 3.63) is 57.3 Å². The molecule has 4 heteroatoms. The first-order valence-corrected chi connectivity index (χ1v) is 7.81. The zero-order valence-corrected chi connectivity index (χ0v) is 14.1. The second kappa shape index (κ2) is 6.15. The molecule has 0 amide bonds. The van der Waals surface area contributed by atoms with Crippen molar-refractivity contribution in [1.82, 2.24) is 4.57 Å². The molecule has 2 nitrogen and oxygen atoms in total. The fourth-order valence-corrected chi connectivity index (χ4v) is 3.20. The quantitative estimate of drug-likeness (QED) is 0.565. The topological polar surface area (TPSA) is 22.0 Å². The maximum atomic E-state index is 11.9. The second-order valence-electron chi connectivity index (χ2n) is 4.94. The first-order valence-electron chi connectivity index (χ1n) is 6.48. The Labute approximate surface area is 132 Å². The summed E-state index contributed by atoms with van der Waals surface area (Å²) in [5, 5.41) is 0. The van der Waals surface area contributed by atoms with Crippen molar-refractivity contribution < 1.29 is 4.79 Å². The van der Waals surface area contributed by atoms with Gasteiger partial charge in [0.15, 0.2) is 5.78 Å². The van der Waals surface area contributed by atoms with Gasteiger partial charge in [-0.15, -0.1) is 11.6 Å². The number of benzene rings is 1. The fraction of sp³-hybridized carbons (Fsp3) is 0.312. The molecular formula is C16H17BrClNO. The molecule has 1 heterocycles. The second-order valence-corrected chi connectivity index (χ2v) is 6.13. The molecule has 0 aliphatic heterocycles. The Balaban J connectivity index is 2.47. The number of aryl methyl sites for hydroxylation is 1. The Morgan fingerprint density at radius 1 is 1.35 bits per heavy atom. The third kappa shape index (κ3) is 2.84. The van der Waals surface area contributed by atoms with Crippen LogP contribution in [0.15, 0.2) is 34.8 Å². The molecule has 0 bridgehead atoms. The number of halogens is 2. The zero-order valence-electron chi connectivity index (χ0n) is 11.8. The highest BCUT2D eigenvalue weighted by molar-refractivity contribution is 9.10. The van der Waals surface area contributed by atoms with Crippen LogP contribution in [0.25, 0.3) is 0 Å². The van der Waals surface area contributed by atoms with Crippen LogP contribution in [0.1, 0.15) is 40.3 Å². The average molecular weight is 355 g/mol. The van der Waals surface area contributed by atoms with Gasteiger partial charge in [-0.25, -0.2) is 0 Å². The van der Waals surface area contributed by atoms with E-state index in [1.165, 1.54) is 5.56 Å². The summed E-state index contributed by atoms with van der Waals surface area (Å²) in [6.45, 7) is 6.13. The molecule has 0 aliphatic rings. The van der Waals surface area contributed by atoms with Gasteiger partial charge >= 0.3 is 0 Å². The number of aromatic nitrogens is 1. The molecule has 1 aromatic carbocycles. The Morgan fingerprint density at radius 3 is 2.65 bits per heavy atom. The molecule has 0 aliphatic carbocycles. The van der Waals surface area contributed by atoms with Gasteiger partial charge in [0.2, 0.25) is 0 Å². The Bertz CT molecular complexity index is 648. The Hall–Kier alpha value is -1.06. The average Bonchev–Trinajstić information content (AvgIpc) is 2.72. The summed E-state index contributed by atoms with van der Waals surface area (Å²) in [4.78, 5) is 11.9. The number of carbonyl (C=O) groups excluding carboxylic acids is 1. The number of alkyl halides is 1. The lowest BCUT2D eigenvalue weighted by Crippen LogP contribution is -2.11. The van der Waals surface area contributed by atoms with Gasteiger partial charge in [0, 0.05) is 21.4 Å². The Kier molecular flexibility index (Phi) is 4.71. The molecule has 2 rings (SSSR count). The molecule has 1 aromatic heterocycles. The summed E-state index contributed by atoms with van der Waals surface area (Å²) in [6, 6.07) is 10.3. The fourth-order valence-electron chi connectivity index (χ4n) is 2.64. The molecule has 20 heavy (non-hydrogen) atoms. The van der Waals surface area contributed by atoms with Gasteiger partial charge in [0.25, 0.3) is 0 Å². The molecule has 2 aromatic rings. The van der Waals surface area contributed by atoms with Gasteiger partial charge in [-0.2, -0.15) is 0 Å². The zero-order chi connectivity index (χ0) is 14.9. The van der Waals surface area contributed by atoms with Crippen molar-refractivity contribution in [1.29, 1.82) is 0 Å². The van der Waals surface area contributed by atoms with Crippen LogP contribution in [0.5, 0.6) is 0 Å². The molecule has 106 valence electrons. The predicted molar refractivity (Wildman–Crippen MR) is 86.9 cm³/mol. The third-order valence-corrected chi connectivity index (χ3v) is 4.36. The van der Waals surface area contributed by atoms with Crippen molar-refractivity contribution in [2.75, 3.05) is 5.88 Å². The predicted octanol–water partition coefficient (Wildman–Crippen LogP) is 4.90. The van der Waals surface area contributed by atoms with Crippen molar-refractivity contribution in [3.8, 4) is 0 Å². The van der Waals surface area contributed by atoms with Crippen molar-refractivity contribution in [2.24, 2.45) is 0 Å². The van der Waals surface area contributed by atoms with Crippen LogP contribution in [-0.2, 0) is 0 Å². The van der Waals surface area contributed by atoms with E-state index in [0.29, 0.717) is 0 Å². The molecule has 1 atom stereocenters. The molecule has 0 radical (unpaired) electrons. The van der Waals surface area contributed by atoms with Gasteiger partial charge in [-0.1, -0.05) is 28.1 Å². The van der Waals surface area contributed by atoms with E-state index in [4.69, 9.17) is 11.6 Å². The van der Waals surface area contributed by atoms with E-state index in [9.17, 15) is 4.79 Å². The molecule has 0 saturated carbocycles. The van der Waals surface area contributed by atoms with Crippen LogP contribution in [0, 0.1) is 13.8 Å². The number of ketones is 1. The van der Waals surface area contributed by atoms with E-state index in [1.807, 2.05) is 32.0 Å². The molecule has 0 N–H and O–H groups in total. The largest absolute Gasteiger partial charge is 0.341 e. The van der Waals surface area contributed by atoms with E-state index >= 15 is 0 Å². The maximum Gasteiger partial charge on any atom is 0.179 e. The number of hydrogen-bond donors (Lipinski definition) is 0. The van der Waals surface area contributed by atoms with Gasteiger partial charge in [0.05, 0.1) is 11.9 Å². The van der Waals surface area contributed by atoms with Gasteiger partial charge < -0.3 is 4.57 Å². The molecule has 0 fully saturated rings. The number of hydrogen-bond acceptors (Lipinski definition) is 1. The van der Waals surface area contributed by atoms with Gasteiger partial charge in [0.1, 0.15) is 0 Å². The third-order valence-electron chi connectivity index (χ3n) is 3.62. The monoisotopic (exact) mass is 353 g/mol. The lowest BCUT2D eigenvalue weighted by atomic mass is 10.1. The van der Waals surface area contributed by atoms with Crippen LogP contribution in [0.3, 0.4) is 0 Å². The maximum absolute atomic E-state index is 11.9. The van der Waals surface area contributed by atoms with Gasteiger partial charge in [-0.3, -0.25) is 4.79 Å². The number of nitrogens with zero attached hydrogens (tertiary/aromatic N) is 1. The Morgan fingerprint density at radius 2 is 2.05 bits per heavy atom. The first-order chi connectivity index (χ1) is 9.45. The van der Waals surface area contributed by atoms with Crippen molar-refractivity contribution >= 4 is 33.3 Å². The summed E-state index contributed by atoms with van der Waals surface area (Å²) in [6.07, 6.45) is 0. The number of carbonyl (C=O) groups is 1. The summed E-state index contributed by atoms with van der Waals surface area (Å²) in [7, 11) is 0. The highest BCUT2D eigenvalue weighted by atomic mass is 79.9. The molecular weight excluding hydrogens is 338 g/mol. The summed E-state index contributed by atoms with van der Waals surface area (Å²) in [5.74, 6) is 0.00250. The van der Waals surface area contributed by atoms with Crippen LogP contribution in [0.2, 0.25) is 0 Å². The van der Waals surface area contributed by atoms with E-state index < -0.39 is 0 Å². The lowest BCUT2D eigenvalue weighted by Gasteiger charge is -2.19. The highest BCUT2D eigenvalue weighted by Gasteiger charge is 2.19. The summed E-state index contributed by atoms with van der Waals surface area (Å²) >= 11 is 9.17. The summed E-state index contributed by atoms with van der Waals surface area (Å²) in [5.41, 5.74) is 3.97. The van der Waals surface area contributed by atoms with Crippen LogP contribution in [0.4, 0.5) is 0 Å². The van der Waals surface area contributed by atoms with E-state index in [0.717, 1.165) is 21.4 Å². The minimum absolute atomic E-state index is 0.0209. The normalized spacial score (nSPS) is 12.4. The van der Waals surface area contributed by atoms with Crippen LogP contribution in [-0.4, -0.2) is 16.2 Å². The minimum Gasteiger partial charge on any atom is -0.341 e. The minimum atomic E-state index is -0.0209. The molecule has 0 saturated heterocycles. The SMILES string of the molecule is Cc1cc(C(=O)CCl)c(C)n1C(C)c1cccc(Br)c1. The molecule has 0 spiro atoms. The molecule has 1 unspecified atom stereocenters. The number of Topliss-reactive ketones (excluding diaryl/α,β-unsaturated/α-hetero) is 1.